The van der Waals surface area contributed by atoms with Gasteiger partial charge in [0.2, 0.25) is 5.88 Å². The van der Waals surface area contributed by atoms with Gasteiger partial charge in [-0.3, -0.25) is 4.79 Å². The number of hydrogen-bond donors (Lipinski definition) is 1. The summed E-state index contributed by atoms with van der Waals surface area (Å²) in [6.45, 7) is 5.58. The van der Waals surface area contributed by atoms with Crippen LogP contribution in [0, 0.1) is 26.6 Å². The average molecular weight is 491 g/mol. The van der Waals surface area contributed by atoms with Crippen LogP contribution < -0.4 is 10.2 Å². The molecule has 1 N–H and O–H groups in total. The van der Waals surface area contributed by atoms with Crippen molar-refractivity contribution in [1.29, 1.82) is 0 Å². The minimum absolute atomic E-state index is 0.113. The topological polar surface area (TPSA) is 94.3 Å². The Kier molecular flexibility index (Phi) is 7.51. The van der Waals surface area contributed by atoms with Crippen LogP contribution in [0.2, 0.25) is 0 Å². The highest BCUT2D eigenvalue weighted by Crippen LogP contribution is 2.29. The highest BCUT2D eigenvalue weighted by Gasteiger charge is 2.18. The fraction of sp³-hybridized carbons (Fsp3) is 0.160. The summed E-state index contributed by atoms with van der Waals surface area (Å²) in [6, 6.07) is 17.0. The number of ether oxygens (including phenoxy) is 1. The largest absolute Gasteiger partial charge is 0.438 e. The van der Waals surface area contributed by atoms with Gasteiger partial charge >= 0.3 is 0 Å². The van der Waals surface area contributed by atoms with Crippen molar-refractivity contribution in [1.82, 2.24) is 25.2 Å². The van der Waals surface area contributed by atoms with E-state index in [9.17, 15) is 9.18 Å². The molecule has 0 aliphatic heterocycles. The number of aromatic nitrogens is 4. The number of carbonyl (C=O) groups excluding carboxylic acids is 1. The molecular formula is C25H23FN6O2S. The standard InChI is InChI=1S/C25H23FN6O2S/c1-16-13-17(2)29-25(28-16)35-15-23(33)30-27-14-22-18(3)31-32(20-7-5-4-6-8-20)24(22)34-21-11-9-19(26)10-12-21/h4-14H,15H2,1-3H3,(H,30,33). The normalized spacial score (nSPS) is 11.1. The molecule has 4 rings (SSSR count). The van der Waals surface area contributed by atoms with E-state index >= 15 is 0 Å². The molecule has 0 aliphatic carbocycles. The molecule has 0 radical (unpaired) electrons. The highest BCUT2D eigenvalue weighted by molar-refractivity contribution is 7.99. The summed E-state index contributed by atoms with van der Waals surface area (Å²) < 4.78 is 21.1. The van der Waals surface area contributed by atoms with E-state index in [2.05, 4.69) is 25.6 Å². The molecule has 0 aliphatic rings. The van der Waals surface area contributed by atoms with Gasteiger partial charge in [-0.15, -0.1) is 0 Å². The lowest BCUT2D eigenvalue weighted by Gasteiger charge is -2.10. The van der Waals surface area contributed by atoms with Crippen LogP contribution in [-0.2, 0) is 4.79 Å². The third-order valence-electron chi connectivity index (χ3n) is 4.77. The van der Waals surface area contributed by atoms with E-state index in [-0.39, 0.29) is 17.5 Å². The number of thioether (sulfide) groups is 1. The molecule has 0 saturated carbocycles. The number of carbonyl (C=O) groups is 1. The Balaban J connectivity index is 1.52. The van der Waals surface area contributed by atoms with Crippen LogP contribution in [-0.4, -0.2) is 37.6 Å². The molecule has 35 heavy (non-hydrogen) atoms. The van der Waals surface area contributed by atoms with E-state index in [0.29, 0.717) is 28.0 Å². The summed E-state index contributed by atoms with van der Waals surface area (Å²) in [5.74, 6) is 0.270. The van der Waals surface area contributed by atoms with E-state index in [1.54, 1.807) is 4.68 Å². The number of aryl methyl sites for hydroxylation is 3. The first-order valence-electron chi connectivity index (χ1n) is 10.7. The Bertz CT molecular complexity index is 1340. The monoisotopic (exact) mass is 490 g/mol. The first-order chi connectivity index (χ1) is 16.9. The number of hydrogen-bond acceptors (Lipinski definition) is 7. The van der Waals surface area contributed by atoms with Gasteiger partial charge in [0.05, 0.1) is 28.9 Å². The molecule has 10 heteroatoms. The first kappa shape index (κ1) is 24.1. The molecule has 178 valence electrons. The second kappa shape index (κ2) is 10.9. The van der Waals surface area contributed by atoms with Crippen molar-refractivity contribution in [3.05, 3.63) is 89.1 Å². The molecule has 0 spiro atoms. The van der Waals surface area contributed by atoms with Gasteiger partial charge in [0.25, 0.3) is 5.91 Å². The van der Waals surface area contributed by atoms with Crippen molar-refractivity contribution in [3.8, 4) is 17.3 Å². The molecule has 8 nitrogen and oxygen atoms in total. The molecule has 0 bridgehead atoms. The van der Waals surface area contributed by atoms with Crippen LogP contribution in [0.1, 0.15) is 22.6 Å². The summed E-state index contributed by atoms with van der Waals surface area (Å²) >= 11 is 1.23. The number of nitrogens with one attached hydrogen (secondary N) is 1. The highest BCUT2D eigenvalue weighted by atomic mass is 32.2. The SMILES string of the molecule is Cc1cc(C)nc(SCC(=O)NN=Cc2c(C)nn(-c3ccccc3)c2Oc2ccc(F)cc2)n1. The molecule has 0 saturated heterocycles. The number of benzene rings is 2. The van der Waals surface area contributed by atoms with Crippen LogP contribution in [0.3, 0.4) is 0 Å². The Morgan fingerprint density at radius 2 is 1.77 bits per heavy atom. The molecule has 0 fully saturated rings. The van der Waals surface area contributed by atoms with Crippen LogP contribution >= 0.6 is 11.8 Å². The molecule has 4 aromatic rings. The number of para-hydroxylation sites is 1. The number of amides is 1. The lowest BCUT2D eigenvalue weighted by molar-refractivity contribution is -0.118. The lowest BCUT2D eigenvalue weighted by atomic mass is 10.2. The lowest BCUT2D eigenvalue weighted by Crippen LogP contribution is -2.20. The maximum Gasteiger partial charge on any atom is 0.250 e. The van der Waals surface area contributed by atoms with E-state index < -0.39 is 0 Å². The zero-order valence-electron chi connectivity index (χ0n) is 19.4. The first-order valence-corrected chi connectivity index (χ1v) is 11.7. The Morgan fingerprint density at radius 3 is 2.46 bits per heavy atom. The minimum Gasteiger partial charge on any atom is -0.438 e. The summed E-state index contributed by atoms with van der Waals surface area (Å²) in [7, 11) is 0. The van der Waals surface area contributed by atoms with Crippen molar-refractivity contribution in [2.45, 2.75) is 25.9 Å². The number of halogens is 1. The smallest absolute Gasteiger partial charge is 0.250 e. The van der Waals surface area contributed by atoms with Crippen LogP contribution in [0.5, 0.6) is 11.6 Å². The molecule has 0 atom stereocenters. The second-order valence-corrected chi connectivity index (χ2v) is 8.57. The number of nitrogens with zero attached hydrogens (tertiary/aromatic N) is 5. The van der Waals surface area contributed by atoms with Gasteiger partial charge < -0.3 is 4.74 Å². The second-order valence-electron chi connectivity index (χ2n) is 7.62. The van der Waals surface area contributed by atoms with Gasteiger partial charge in [-0.2, -0.15) is 14.9 Å². The van der Waals surface area contributed by atoms with Gasteiger partial charge in [0, 0.05) is 11.4 Å². The third kappa shape index (κ3) is 6.30. The van der Waals surface area contributed by atoms with Gasteiger partial charge in [-0.05, 0) is 63.2 Å². The Labute approximate surface area is 206 Å². The average Bonchev–Trinajstić information content (AvgIpc) is 3.14. The van der Waals surface area contributed by atoms with E-state index in [1.165, 1.54) is 42.2 Å². The zero-order chi connectivity index (χ0) is 24.8. The Morgan fingerprint density at radius 1 is 1.09 bits per heavy atom. The van der Waals surface area contributed by atoms with Crippen LogP contribution in [0.15, 0.2) is 70.9 Å². The summed E-state index contributed by atoms with van der Waals surface area (Å²) in [6.07, 6.45) is 1.48. The van der Waals surface area contributed by atoms with Crippen LogP contribution in [0.4, 0.5) is 4.39 Å². The molecule has 2 aromatic heterocycles. The predicted molar refractivity (Wildman–Crippen MR) is 133 cm³/mol. The number of hydrazone groups is 1. The van der Waals surface area contributed by atoms with Gasteiger partial charge in [-0.25, -0.2) is 19.8 Å². The van der Waals surface area contributed by atoms with Crippen molar-refractivity contribution in [2.75, 3.05) is 5.75 Å². The molecule has 2 heterocycles. The summed E-state index contributed by atoms with van der Waals surface area (Å²) in [5, 5.41) is 9.22. The van der Waals surface area contributed by atoms with Gasteiger partial charge in [0.1, 0.15) is 11.6 Å². The van der Waals surface area contributed by atoms with Crippen molar-refractivity contribution >= 4 is 23.9 Å². The molecule has 0 unspecified atom stereocenters. The molecule has 2 aromatic carbocycles. The van der Waals surface area contributed by atoms with Gasteiger partial charge in [-0.1, -0.05) is 30.0 Å². The summed E-state index contributed by atoms with van der Waals surface area (Å²) in [4.78, 5) is 20.9. The summed E-state index contributed by atoms with van der Waals surface area (Å²) in [5.41, 5.74) is 6.20. The maximum atomic E-state index is 13.4. The van der Waals surface area contributed by atoms with E-state index in [1.807, 2.05) is 57.2 Å². The van der Waals surface area contributed by atoms with Crippen molar-refractivity contribution in [3.63, 3.8) is 0 Å². The number of rotatable bonds is 8. The minimum atomic E-state index is -0.362. The third-order valence-corrected chi connectivity index (χ3v) is 5.62. The van der Waals surface area contributed by atoms with E-state index in [0.717, 1.165) is 17.1 Å². The molecular weight excluding hydrogens is 467 g/mol. The van der Waals surface area contributed by atoms with Crippen LogP contribution in [0.25, 0.3) is 5.69 Å². The zero-order valence-corrected chi connectivity index (χ0v) is 20.2. The molecule has 1 amide bonds. The predicted octanol–water partition coefficient (Wildman–Crippen LogP) is 4.76. The Hall–Kier alpha value is -4.05. The van der Waals surface area contributed by atoms with Gasteiger partial charge in [0.15, 0.2) is 5.16 Å². The fourth-order valence-electron chi connectivity index (χ4n) is 3.21. The fourth-order valence-corrected chi connectivity index (χ4v) is 3.95. The quantitative estimate of drug-likeness (QED) is 0.166. The van der Waals surface area contributed by atoms with Crippen molar-refractivity contribution < 1.29 is 13.9 Å². The van der Waals surface area contributed by atoms with Crippen molar-refractivity contribution in [2.24, 2.45) is 5.10 Å². The maximum absolute atomic E-state index is 13.4. The van der Waals surface area contributed by atoms with E-state index in [4.69, 9.17) is 4.74 Å².